The summed E-state index contributed by atoms with van der Waals surface area (Å²) in [5.74, 6) is -0.750. The number of aromatic nitrogens is 1. The number of anilines is 1. The number of oxazole rings is 1. The van der Waals surface area contributed by atoms with Crippen molar-refractivity contribution in [1.29, 1.82) is 0 Å². The van der Waals surface area contributed by atoms with E-state index < -0.39 is 11.8 Å². The second kappa shape index (κ2) is 10.0. The van der Waals surface area contributed by atoms with Crippen molar-refractivity contribution in [2.45, 2.75) is 26.1 Å². The Balaban J connectivity index is 1.41. The summed E-state index contributed by atoms with van der Waals surface area (Å²) < 4.78 is 6.80. The van der Waals surface area contributed by atoms with Crippen LogP contribution in [0.3, 0.4) is 0 Å². The molecule has 1 unspecified atom stereocenters. The summed E-state index contributed by atoms with van der Waals surface area (Å²) in [4.78, 5) is 41.4. The monoisotopic (exact) mass is 451 g/mol. The van der Waals surface area contributed by atoms with Gasteiger partial charge in [-0.3, -0.25) is 24.0 Å². The molecule has 2 aromatic carbocycles. The average molecular weight is 452 g/mol. The second-order valence-corrected chi connectivity index (χ2v) is 8.16. The Morgan fingerprint density at radius 3 is 2.64 bits per heavy atom. The van der Waals surface area contributed by atoms with E-state index in [1.54, 1.807) is 25.2 Å². The van der Waals surface area contributed by atoms with Gasteiger partial charge in [0.25, 0.3) is 0 Å². The fourth-order valence-electron chi connectivity index (χ4n) is 4.30. The third kappa shape index (κ3) is 5.15. The van der Waals surface area contributed by atoms with Gasteiger partial charge in [-0.05, 0) is 24.6 Å². The van der Waals surface area contributed by atoms with Gasteiger partial charge in [0, 0.05) is 51.5 Å². The minimum absolute atomic E-state index is 0.0925. The second-order valence-electron chi connectivity index (χ2n) is 8.16. The van der Waals surface area contributed by atoms with Crippen LogP contribution >= 0.6 is 0 Å². The quantitative estimate of drug-likeness (QED) is 0.565. The van der Waals surface area contributed by atoms with Crippen molar-refractivity contribution in [1.82, 2.24) is 19.7 Å². The Morgan fingerprint density at radius 2 is 1.91 bits per heavy atom. The first-order valence-corrected chi connectivity index (χ1v) is 11.1. The van der Waals surface area contributed by atoms with Crippen molar-refractivity contribution >= 4 is 28.6 Å². The summed E-state index contributed by atoms with van der Waals surface area (Å²) in [6.07, 6.45) is 0. The maximum absolute atomic E-state index is 12.8. The van der Waals surface area contributed by atoms with Crippen molar-refractivity contribution in [2.75, 3.05) is 38.5 Å². The highest BCUT2D eigenvalue weighted by molar-refractivity contribution is 5.94. The molecule has 1 aliphatic rings. The van der Waals surface area contributed by atoms with Gasteiger partial charge in [0.2, 0.25) is 11.8 Å². The van der Waals surface area contributed by atoms with E-state index in [1.165, 1.54) is 10.1 Å². The van der Waals surface area contributed by atoms with Gasteiger partial charge in [-0.1, -0.05) is 30.3 Å². The van der Waals surface area contributed by atoms with Crippen LogP contribution in [0.5, 0.6) is 0 Å². The van der Waals surface area contributed by atoms with Crippen LogP contribution in [0.15, 0.2) is 57.7 Å². The molecule has 4 rings (SSSR count). The van der Waals surface area contributed by atoms with Crippen molar-refractivity contribution in [3.63, 3.8) is 0 Å². The molecule has 9 heteroatoms. The molecule has 2 heterocycles. The minimum Gasteiger partial charge on any atom is -0.408 e. The lowest BCUT2D eigenvalue weighted by molar-refractivity contribution is -0.130. The van der Waals surface area contributed by atoms with Crippen molar-refractivity contribution in [2.24, 2.45) is 0 Å². The van der Waals surface area contributed by atoms with Crippen LogP contribution in [0.2, 0.25) is 0 Å². The van der Waals surface area contributed by atoms with Gasteiger partial charge in [-0.2, -0.15) is 0 Å². The Labute approximate surface area is 192 Å². The summed E-state index contributed by atoms with van der Waals surface area (Å²) in [5, 5.41) is 5.58. The molecule has 0 spiro atoms. The van der Waals surface area contributed by atoms with Crippen molar-refractivity contribution < 1.29 is 14.0 Å². The number of nitrogens with one attached hydrogen (secondary N) is 2. The standard InChI is InChI=1S/C24H29N5O4/c1-3-29-19-10-9-18(13-21(19)33-24(29)32)26-22(30)16-28-12-11-27(15-20(28)23(31)25-2)14-17-7-5-4-6-8-17/h4-10,13,20H,3,11-12,14-16H2,1-2H3,(H,25,31)(H,26,30). The molecule has 0 saturated carbocycles. The predicted molar refractivity (Wildman–Crippen MR) is 126 cm³/mol. The molecule has 1 aromatic heterocycles. The zero-order valence-corrected chi connectivity index (χ0v) is 18.9. The maximum Gasteiger partial charge on any atom is 0.419 e. The highest BCUT2D eigenvalue weighted by atomic mass is 16.4. The molecule has 1 aliphatic heterocycles. The number of fused-ring (bicyclic) bond motifs is 1. The summed E-state index contributed by atoms with van der Waals surface area (Å²) in [6, 6.07) is 14.9. The zero-order valence-electron chi connectivity index (χ0n) is 18.9. The number of likely N-dealkylation sites (N-methyl/N-ethyl adjacent to an activating group) is 1. The molecular formula is C24H29N5O4. The number of amides is 2. The topological polar surface area (TPSA) is 99.8 Å². The van der Waals surface area contributed by atoms with Gasteiger partial charge >= 0.3 is 5.76 Å². The van der Waals surface area contributed by atoms with Gasteiger partial charge in [-0.15, -0.1) is 0 Å². The van der Waals surface area contributed by atoms with Crippen LogP contribution in [-0.4, -0.2) is 65.4 Å². The van der Waals surface area contributed by atoms with Gasteiger partial charge in [0.15, 0.2) is 5.58 Å². The molecule has 1 atom stereocenters. The number of aryl methyl sites for hydroxylation is 1. The number of hydrogen-bond acceptors (Lipinski definition) is 6. The van der Waals surface area contributed by atoms with Gasteiger partial charge in [0.1, 0.15) is 6.04 Å². The SMILES string of the molecule is CCn1c(=O)oc2cc(NC(=O)CN3CCN(Cc4ccccc4)CC3C(=O)NC)ccc21. The lowest BCUT2D eigenvalue weighted by Gasteiger charge is -2.40. The van der Waals surface area contributed by atoms with E-state index in [0.717, 1.165) is 13.1 Å². The van der Waals surface area contributed by atoms with Crippen LogP contribution in [0.1, 0.15) is 12.5 Å². The number of benzene rings is 2. The average Bonchev–Trinajstić information content (AvgIpc) is 3.14. The van der Waals surface area contributed by atoms with Gasteiger partial charge in [-0.25, -0.2) is 4.79 Å². The first-order valence-electron chi connectivity index (χ1n) is 11.1. The normalized spacial score (nSPS) is 17.2. The van der Waals surface area contributed by atoms with Crippen LogP contribution in [0, 0.1) is 0 Å². The highest BCUT2D eigenvalue weighted by Gasteiger charge is 2.33. The van der Waals surface area contributed by atoms with Gasteiger partial charge < -0.3 is 15.1 Å². The number of rotatable bonds is 7. The summed E-state index contributed by atoms with van der Waals surface area (Å²) in [7, 11) is 1.61. The first kappa shape index (κ1) is 22.8. The predicted octanol–water partition coefficient (Wildman–Crippen LogP) is 1.49. The largest absolute Gasteiger partial charge is 0.419 e. The summed E-state index contributed by atoms with van der Waals surface area (Å²) >= 11 is 0. The molecule has 3 aromatic rings. The third-order valence-electron chi connectivity index (χ3n) is 5.99. The van der Waals surface area contributed by atoms with Crippen LogP contribution < -0.4 is 16.4 Å². The Hall–Kier alpha value is -3.43. The molecular weight excluding hydrogens is 422 g/mol. The molecule has 174 valence electrons. The molecule has 0 aliphatic carbocycles. The van der Waals surface area contributed by atoms with Crippen LogP contribution in [-0.2, 0) is 22.7 Å². The number of piperazine rings is 1. The fourth-order valence-corrected chi connectivity index (χ4v) is 4.30. The van der Waals surface area contributed by atoms with E-state index in [-0.39, 0.29) is 18.4 Å². The molecule has 2 N–H and O–H groups in total. The number of carbonyl (C=O) groups is 2. The van der Waals surface area contributed by atoms with E-state index in [4.69, 9.17) is 4.42 Å². The molecule has 0 bridgehead atoms. The van der Waals surface area contributed by atoms with E-state index >= 15 is 0 Å². The molecule has 1 fully saturated rings. The fraction of sp³-hybridized carbons (Fsp3) is 0.375. The Kier molecular flexibility index (Phi) is 6.90. The summed E-state index contributed by atoms with van der Waals surface area (Å²) in [5.41, 5.74) is 2.86. The number of carbonyl (C=O) groups excluding carboxylic acids is 2. The van der Waals surface area contributed by atoms with Crippen LogP contribution in [0.25, 0.3) is 11.1 Å². The molecule has 2 amide bonds. The highest BCUT2D eigenvalue weighted by Crippen LogP contribution is 2.19. The maximum atomic E-state index is 12.8. The number of hydrogen-bond donors (Lipinski definition) is 2. The van der Waals surface area contributed by atoms with E-state index in [2.05, 4.69) is 27.7 Å². The lowest BCUT2D eigenvalue weighted by atomic mass is 10.1. The summed E-state index contributed by atoms with van der Waals surface area (Å²) in [6.45, 7) is 5.14. The molecule has 33 heavy (non-hydrogen) atoms. The first-order chi connectivity index (χ1) is 16.0. The number of nitrogens with zero attached hydrogens (tertiary/aromatic N) is 3. The molecule has 9 nitrogen and oxygen atoms in total. The van der Waals surface area contributed by atoms with E-state index in [0.29, 0.717) is 36.4 Å². The Morgan fingerprint density at radius 1 is 1.12 bits per heavy atom. The van der Waals surface area contributed by atoms with Crippen LogP contribution in [0.4, 0.5) is 5.69 Å². The zero-order chi connectivity index (χ0) is 23.4. The van der Waals surface area contributed by atoms with Crippen molar-refractivity contribution in [3.05, 3.63) is 64.6 Å². The lowest BCUT2D eigenvalue weighted by Crippen LogP contribution is -2.59. The minimum atomic E-state index is -0.419. The van der Waals surface area contributed by atoms with E-state index in [1.807, 2.05) is 30.0 Å². The van der Waals surface area contributed by atoms with Crippen molar-refractivity contribution in [3.8, 4) is 0 Å². The molecule has 1 saturated heterocycles. The van der Waals surface area contributed by atoms with Gasteiger partial charge in [0.05, 0.1) is 12.1 Å². The Bertz CT molecular complexity index is 1190. The molecule has 0 radical (unpaired) electrons. The third-order valence-corrected chi connectivity index (χ3v) is 5.99. The van der Waals surface area contributed by atoms with E-state index in [9.17, 15) is 14.4 Å². The smallest absolute Gasteiger partial charge is 0.408 e.